The molecule has 6 nitrogen and oxygen atoms in total. The Hall–Kier alpha value is -2.34. The standard InChI is InChI=1S/C16H21N3O3/c1-10(9-20)18-16(22)15(19-11(2)21)7-12-8-17-14-6-4-3-5-13(12)14/h3-6,8,10,15,17,20H,7,9H2,1-2H3,(H,18,22)(H,19,21). The Labute approximate surface area is 128 Å². The van der Waals surface area contributed by atoms with E-state index in [9.17, 15) is 9.59 Å². The van der Waals surface area contributed by atoms with E-state index in [1.54, 1.807) is 6.92 Å². The molecule has 0 aliphatic heterocycles. The molecule has 2 atom stereocenters. The highest BCUT2D eigenvalue weighted by Gasteiger charge is 2.22. The van der Waals surface area contributed by atoms with Crippen LogP contribution in [0, 0.1) is 0 Å². The van der Waals surface area contributed by atoms with Crippen LogP contribution in [0.4, 0.5) is 0 Å². The predicted octanol–water partition coefficient (Wildman–Crippen LogP) is 0.712. The monoisotopic (exact) mass is 303 g/mol. The van der Waals surface area contributed by atoms with Gasteiger partial charge < -0.3 is 20.7 Å². The van der Waals surface area contributed by atoms with Gasteiger partial charge in [-0.25, -0.2) is 0 Å². The molecular formula is C16H21N3O3. The van der Waals surface area contributed by atoms with Crippen molar-refractivity contribution in [3.05, 3.63) is 36.0 Å². The number of hydrogen-bond acceptors (Lipinski definition) is 3. The first-order valence-electron chi connectivity index (χ1n) is 7.24. The Bertz CT molecular complexity index is 665. The zero-order valence-corrected chi connectivity index (χ0v) is 12.7. The van der Waals surface area contributed by atoms with Crippen molar-refractivity contribution in [2.75, 3.05) is 6.61 Å². The van der Waals surface area contributed by atoms with Crippen molar-refractivity contribution < 1.29 is 14.7 Å². The summed E-state index contributed by atoms with van der Waals surface area (Å²) < 4.78 is 0. The lowest BCUT2D eigenvalue weighted by Gasteiger charge is -2.19. The van der Waals surface area contributed by atoms with E-state index in [4.69, 9.17) is 5.11 Å². The number of amides is 2. The van der Waals surface area contributed by atoms with Crippen molar-refractivity contribution in [1.82, 2.24) is 15.6 Å². The van der Waals surface area contributed by atoms with Crippen molar-refractivity contribution >= 4 is 22.7 Å². The minimum absolute atomic E-state index is 0.147. The zero-order valence-electron chi connectivity index (χ0n) is 12.7. The molecule has 1 aromatic carbocycles. The van der Waals surface area contributed by atoms with Crippen LogP contribution in [0.5, 0.6) is 0 Å². The fraction of sp³-hybridized carbons (Fsp3) is 0.375. The number of nitrogens with one attached hydrogen (secondary N) is 3. The molecule has 2 aromatic rings. The molecule has 0 saturated carbocycles. The Balaban J connectivity index is 2.19. The molecule has 6 heteroatoms. The Morgan fingerprint density at radius 3 is 2.68 bits per heavy atom. The maximum Gasteiger partial charge on any atom is 0.243 e. The number of rotatable bonds is 6. The summed E-state index contributed by atoms with van der Waals surface area (Å²) in [5, 5.41) is 15.4. The minimum atomic E-state index is -0.675. The van der Waals surface area contributed by atoms with Crippen LogP contribution in [0.25, 0.3) is 10.9 Å². The predicted molar refractivity (Wildman–Crippen MR) is 84.3 cm³/mol. The molecule has 4 N–H and O–H groups in total. The van der Waals surface area contributed by atoms with E-state index in [-0.39, 0.29) is 24.5 Å². The lowest BCUT2D eigenvalue weighted by molar-refractivity contribution is -0.128. The molecule has 0 spiro atoms. The van der Waals surface area contributed by atoms with Crippen LogP contribution < -0.4 is 10.6 Å². The quantitative estimate of drug-likeness (QED) is 0.633. The van der Waals surface area contributed by atoms with E-state index in [2.05, 4.69) is 15.6 Å². The average Bonchev–Trinajstić information content (AvgIpc) is 2.89. The summed E-state index contributed by atoms with van der Waals surface area (Å²) in [6.07, 6.45) is 2.23. The second-order valence-electron chi connectivity index (χ2n) is 5.41. The number of aliphatic hydroxyl groups excluding tert-OH is 1. The summed E-state index contributed by atoms with van der Waals surface area (Å²) in [7, 11) is 0. The second kappa shape index (κ2) is 7.09. The summed E-state index contributed by atoms with van der Waals surface area (Å²) in [5.41, 5.74) is 1.95. The van der Waals surface area contributed by atoms with Crippen molar-refractivity contribution in [2.24, 2.45) is 0 Å². The Morgan fingerprint density at radius 2 is 2.00 bits per heavy atom. The van der Waals surface area contributed by atoms with Gasteiger partial charge in [-0.1, -0.05) is 18.2 Å². The first kappa shape index (κ1) is 16.0. The molecule has 0 bridgehead atoms. The number of benzene rings is 1. The number of aromatic nitrogens is 1. The number of aromatic amines is 1. The van der Waals surface area contributed by atoms with Gasteiger partial charge in [-0.15, -0.1) is 0 Å². The van der Waals surface area contributed by atoms with Crippen LogP contribution in [-0.2, 0) is 16.0 Å². The highest BCUT2D eigenvalue weighted by atomic mass is 16.3. The molecule has 1 aromatic heterocycles. The summed E-state index contributed by atoms with van der Waals surface area (Å²) in [4.78, 5) is 26.8. The molecule has 0 saturated heterocycles. The van der Waals surface area contributed by atoms with Gasteiger partial charge in [0.25, 0.3) is 0 Å². The van der Waals surface area contributed by atoms with Crippen LogP contribution in [-0.4, -0.2) is 40.6 Å². The van der Waals surface area contributed by atoms with E-state index in [0.29, 0.717) is 6.42 Å². The van der Waals surface area contributed by atoms with Gasteiger partial charge in [0.05, 0.1) is 6.61 Å². The van der Waals surface area contributed by atoms with Gasteiger partial charge in [0.2, 0.25) is 11.8 Å². The number of para-hydroxylation sites is 1. The van der Waals surface area contributed by atoms with Crippen LogP contribution >= 0.6 is 0 Å². The summed E-state index contributed by atoms with van der Waals surface area (Å²) in [6, 6.07) is 6.77. The maximum absolute atomic E-state index is 12.3. The van der Waals surface area contributed by atoms with Gasteiger partial charge in [-0.2, -0.15) is 0 Å². The lowest BCUT2D eigenvalue weighted by Crippen LogP contribution is -2.50. The SMILES string of the molecule is CC(=O)NC(Cc1c[nH]c2ccccc12)C(=O)NC(C)CO. The number of hydrogen-bond donors (Lipinski definition) is 4. The third kappa shape index (κ3) is 3.85. The highest BCUT2D eigenvalue weighted by molar-refractivity contribution is 5.89. The number of fused-ring (bicyclic) bond motifs is 1. The van der Waals surface area contributed by atoms with Crippen LogP contribution in [0.1, 0.15) is 19.4 Å². The van der Waals surface area contributed by atoms with Gasteiger partial charge in [-0.3, -0.25) is 9.59 Å². The number of carbonyl (C=O) groups is 2. The number of aliphatic hydroxyl groups is 1. The summed E-state index contributed by atoms with van der Waals surface area (Å²) in [6.45, 7) is 2.94. The fourth-order valence-corrected chi connectivity index (χ4v) is 2.36. The highest BCUT2D eigenvalue weighted by Crippen LogP contribution is 2.19. The van der Waals surface area contributed by atoms with Gasteiger partial charge in [-0.05, 0) is 18.6 Å². The average molecular weight is 303 g/mol. The van der Waals surface area contributed by atoms with Gasteiger partial charge >= 0.3 is 0 Å². The Kier molecular flexibility index (Phi) is 5.16. The van der Waals surface area contributed by atoms with Crippen molar-refractivity contribution in [3.63, 3.8) is 0 Å². The third-order valence-corrected chi connectivity index (χ3v) is 3.46. The normalized spacial score (nSPS) is 13.6. The van der Waals surface area contributed by atoms with Gasteiger partial charge in [0.15, 0.2) is 0 Å². The molecule has 0 radical (unpaired) electrons. The smallest absolute Gasteiger partial charge is 0.243 e. The summed E-state index contributed by atoms with van der Waals surface area (Å²) >= 11 is 0. The third-order valence-electron chi connectivity index (χ3n) is 3.46. The molecule has 2 unspecified atom stereocenters. The second-order valence-corrected chi connectivity index (χ2v) is 5.41. The molecule has 22 heavy (non-hydrogen) atoms. The van der Waals surface area contributed by atoms with E-state index in [1.807, 2.05) is 30.5 Å². The van der Waals surface area contributed by atoms with E-state index >= 15 is 0 Å². The first-order chi connectivity index (χ1) is 10.5. The minimum Gasteiger partial charge on any atom is -0.394 e. The van der Waals surface area contributed by atoms with E-state index in [1.165, 1.54) is 6.92 Å². The zero-order chi connectivity index (χ0) is 16.1. The van der Waals surface area contributed by atoms with Crippen LogP contribution in [0.3, 0.4) is 0 Å². The fourth-order valence-electron chi connectivity index (χ4n) is 2.36. The van der Waals surface area contributed by atoms with Crippen LogP contribution in [0.2, 0.25) is 0 Å². The maximum atomic E-state index is 12.3. The molecule has 2 amide bonds. The molecule has 118 valence electrons. The van der Waals surface area contributed by atoms with Gasteiger partial charge in [0, 0.05) is 36.5 Å². The topological polar surface area (TPSA) is 94.2 Å². The number of H-pyrrole nitrogens is 1. The number of carbonyl (C=O) groups excluding carboxylic acids is 2. The molecular weight excluding hydrogens is 282 g/mol. The largest absolute Gasteiger partial charge is 0.394 e. The molecule has 2 rings (SSSR count). The molecule has 0 aliphatic rings. The Morgan fingerprint density at radius 1 is 1.27 bits per heavy atom. The molecule has 0 fully saturated rings. The van der Waals surface area contributed by atoms with Crippen molar-refractivity contribution in [2.45, 2.75) is 32.4 Å². The van der Waals surface area contributed by atoms with E-state index < -0.39 is 6.04 Å². The van der Waals surface area contributed by atoms with Crippen molar-refractivity contribution in [3.8, 4) is 0 Å². The van der Waals surface area contributed by atoms with Crippen molar-refractivity contribution in [1.29, 1.82) is 0 Å². The summed E-state index contributed by atoms with van der Waals surface area (Å²) in [5.74, 6) is -0.571. The molecule has 1 heterocycles. The van der Waals surface area contributed by atoms with Crippen LogP contribution in [0.15, 0.2) is 30.5 Å². The van der Waals surface area contributed by atoms with Gasteiger partial charge in [0.1, 0.15) is 6.04 Å². The van der Waals surface area contributed by atoms with E-state index in [0.717, 1.165) is 16.5 Å². The first-order valence-corrected chi connectivity index (χ1v) is 7.24. The lowest BCUT2D eigenvalue weighted by atomic mass is 10.0. The molecule has 0 aliphatic carbocycles.